The Hall–Kier alpha value is -1.30. The number of anilines is 2. The van der Waals surface area contributed by atoms with Crippen LogP contribution >= 0.6 is 0 Å². The molecule has 0 aromatic heterocycles. The zero-order chi connectivity index (χ0) is 12.5. The summed E-state index contributed by atoms with van der Waals surface area (Å²) in [6, 6.07) is 4.60. The highest BCUT2D eigenvalue weighted by Gasteiger charge is 2.21. The molecule has 1 aliphatic rings. The lowest BCUT2D eigenvalue weighted by Crippen LogP contribution is -2.27. The van der Waals surface area contributed by atoms with Crippen molar-refractivity contribution in [2.24, 2.45) is 0 Å². The van der Waals surface area contributed by atoms with Crippen molar-refractivity contribution in [3.8, 4) is 0 Å². The van der Waals surface area contributed by atoms with Gasteiger partial charge in [-0.15, -0.1) is 0 Å². The molecule has 17 heavy (non-hydrogen) atoms. The summed E-state index contributed by atoms with van der Waals surface area (Å²) in [5.74, 6) is -0.170. The number of nitrogens with two attached hydrogens (primary N) is 1. The van der Waals surface area contributed by atoms with E-state index in [0.29, 0.717) is 25.2 Å². The zero-order valence-electron chi connectivity index (χ0n) is 9.39. The third kappa shape index (κ3) is 2.69. The van der Waals surface area contributed by atoms with Gasteiger partial charge >= 0.3 is 0 Å². The van der Waals surface area contributed by atoms with Crippen molar-refractivity contribution >= 4 is 21.2 Å². The van der Waals surface area contributed by atoms with E-state index >= 15 is 0 Å². The molecule has 0 amide bonds. The zero-order valence-corrected chi connectivity index (χ0v) is 10.2. The lowest BCUT2D eigenvalue weighted by molar-refractivity contribution is 0.597. The van der Waals surface area contributed by atoms with E-state index in [1.54, 1.807) is 12.1 Å². The molecule has 0 spiro atoms. The van der Waals surface area contributed by atoms with E-state index in [1.807, 2.05) is 4.90 Å². The molecule has 0 saturated carbocycles. The summed E-state index contributed by atoms with van der Waals surface area (Å²) in [5, 5.41) is 0. The van der Waals surface area contributed by atoms with Crippen LogP contribution in [0, 0.1) is 5.82 Å². The second-order valence-electron chi connectivity index (χ2n) is 4.17. The number of halogens is 1. The summed E-state index contributed by atoms with van der Waals surface area (Å²) in [6.07, 6.45) is 0.554. The fraction of sp³-hybridized carbons (Fsp3) is 0.455. The molecule has 1 aromatic carbocycles. The van der Waals surface area contributed by atoms with Gasteiger partial charge in [-0.1, -0.05) is 6.07 Å². The molecule has 1 aromatic rings. The van der Waals surface area contributed by atoms with Gasteiger partial charge in [-0.3, -0.25) is 0 Å². The van der Waals surface area contributed by atoms with Crippen LogP contribution in [0.4, 0.5) is 15.8 Å². The van der Waals surface area contributed by atoms with Crippen molar-refractivity contribution in [3.63, 3.8) is 0 Å². The van der Waals surface area contributed by atoms with Crippen LogP contribution in [0.15, 0.2) is 18.2 Å². The predicted octanol–water partition coefficient (Wildman–Crippen LogP) is 1.03. The Morgan fingerprint density at radius 2 is 2.00 bits per heavy atom. The van der Waals surface area contributed by atoms with Crippen LogP contribution < -0.4 is 10.6 Å². The Morgan fingerprint density at radius 3 is 2.76 bits per heavy atom. The molecule has 0 atom stereocenters. The Labute approximate surface area is 100 Å². The van der Waals surface area contributed by atoms with Gasteiger partial charge in [0.05, 0.1) is 22.9 Å². The van der Waals surface area contributed by atoms with E-state index in [-0.39, 0.29) is 17.2 Å². The summed E-state index contributed by atoms with van der Waals surface area (Å²) in [4.78, 5) is 1.84. The molecule has 1 saturated heterocycles. The van der Waals surface area contributed by atoms with Crippen molar-refractivity contribution in [2.75, 3.05) is 35.2 Å². The van der Waals surface area contributed by atoms with Gasteiger partial charge in [0.25, 0.3) is 0 Å². The third-order valence-electron chi connectivity index (χ3n) is 2.93. The maximum Gasteiger partial charge on any atom is 0.152 e. The van der Waals surface area contributed by atoms with E-state index in [0.717, 1.165) is 0 Å². The van der Waals surface area contributed by atoms with Gasteiger partial charge in [0.1, 0.15) is 5.82 Å². The quantitative estimate of drug-likeness (QED) is 0.764. The SMILES string of the molecule is Nc1c(F)cccc1N1CCCS(=O)(=O)CC1. The molecule has 94 valence electrons. The van der Waals surface area contributed by atoms with Crippen LogP contribution in [0.5, 0.6) is 0 Å². The predicted molar refractivity (Wildman–Crippen MR) is 66.3 cm³/mol. The third-order valence-corrected chi connectivity index (χ3v) is 4.64. The first-order chi connectivity index (χ1) is 7.99. The van der Waals surface area contributed by atoms with Crippen molar-refractivity contribution in [3.05, 3.63) is 24.0 Å². The molecule has 0 bridgehead atoms. The highest BCUT2D eigenvalue weighted by molar-refractivity contribution is 7.91. The van der Waals surface area contributed by atoms with Crippen LogP contribution in [-0.2, 0) is 9.84 Å². The monoisotopic (exact) mass is 258 g/mol. The van der Waals surface area contributed by atoms with Crippen LogP contribution in [0.25, 0.3) is 0 Å². The normalized spacial score (nSPS) is 19.9. The molecule has 2 N–H and O–H groups in total. The summed E-state index contributed by atoms with van der Waals surface area (Å²) in [6.45, 7) is 0.961. The largest absolute Gasteiger partial charge is 0.395 e. The van der Waals surface area contributed by atoms with Crippen LogP contribution in [0.3, 0.4) is 0 Å². The second-order valence-corrected chi connectivity index (χ2v) is 6.47. The molecule has 2 rings (SSSR count). The van der Waals surface area contributed by atoms with E-state index < -0.39 is 15.7 Å². The van der Waals surface area contributed by atoms with Gasteiger partial charge in [0.2, 0.25) is 0 Å². The second kappa shape index (κ2) is 4.52. The maximum atomic E-state index is 13.3. The molecule has 1 aliphatic heterocycles. The fourth-order valence-corrected chi connectivity index (χ4v) is 3.25. The number of nitrogens with zero attached hydrogens (tertiary/aromatic N) is 1. The molecule has 6 heteroatoms. The van der Waals surface area contributed by atoms with Gasteiger partial charge in [-0.25, -0.2) is 12.8 Å². The summed E-state index contributed by atoms with van der Waals surface area (Å²) in [7, 11) is -2.96. The van der Waals surface area contributed by atoms with E-state index in [9.17, 15) is 12.8 Å². The van der Waals surface area contributed by atoms with Crippen molar-refractivity contribution < 1.29 is 12.8 Å². The molecular formula is C11H15FN2O2S. The minimum atomic E-state index is -2.96. The van der Waals surface area contributed by atoms with Gasteiger partial charge in [0, 0.05) is 13.1 Å². The topological polar surface area (TPSA) is 63.4 Å². The number of benzene rings is 1. The van der Waals surface area contributed by atoms with E-state index in [4.69, 9.17) is 5.73 Å². The van der Waals surface area contributed by atoms with Gasteiger partial charge < -0.3 is 10.6 Å². The minimum Gasteiger partial charge on any atom is -0.395 e. The smallest absolute Gasteiger partial charge is 0.152 e. The lowest BCUT2D eigenvalue weighted by atomic mass is 10.2. The maximum absolute atomic E-state index is 13.3. The minimum absolute atomic E-state index is 0.0896. The van der Waals surface area contributed by atoms with Crippen LogP contribution in [-0.4, -0.2) is 33.0 Å². The van der Waals surface area contributed by atoms with Gasteiger partial charge in [0.15, 0.2) is 9.84 Å². The average molecular weight is 258 g/mol. The number of nitrogen functional groups attached to an aromatic ring is 1. The first-order valence-electron chi connectivity index (χ1n) is 5.49. The van der Waals surface area contributed by atoms with E-state index in [2.05, 4.69) is 0 Å². The van der Waals surface area contributed by atoms with Crippen molar-refractivity contribution in [1.82, 2.24) is 0 Å². The van der Waals surface area contributed by atoms with Crippen LogP contribution in [0.2, 0.25) is 0 Å². The highest BCUT2D eigenvalue weighted by atomic mass is 32.2. The standard InChI is InChI=1S/C11H15FN2O2S/c12-9-3-1-4-10(11(9)13)14-5-2-7-17(15,16)8-6-14/h1,3-4H,2,5-8,13H2. The Kier molecular flexibility index (Phi) is 3.24. The highest BCUT2D eigenvalue weighted by Crippen LogP contribution is 2.26. The molecular weight excluding hydrogens is 243 g/mol. The van der Waals surface area contributed by atoms with E-state index in [1.165, 1.54) is 6.07 Å². The first-order valence-corrected chi connectivity index (χ1v) is 7.31. The molecule has 0 unspecified atom stereocenters. The Bertz CT molecular complexity index is 516. The lowest BCUT2D eigenvalue weighted by Gasteiger charge is -2.23. The number of rotatable bonds is 1. The first kappa shape index (κ1) is 12.2. The molecule has 1 fully saturated rings. The van der Waals surface area contributed by atoms with Crippen molar-refractivity contribution in [2.45, 2.75) is 6.42 Å². The summed E-state index contributed by atoms with van der Waals surface area (Å²) >= 11 is 0. The Morgan fingerprint density at radius 1 is 1.24 bits per heavy atom. The van der Waals surface area contributed by atoms with Crippen LogP contribution in [0.1, 0.15) is 6.42 Å². The summed E-state index contributed by atoms with van der Waals surface area (Å²) in [5.41, 5.74) is 6.34. The molecule has 1 heterocycles. The summed E-state index contributed by atoms with van der Waals surface area (Å²) < 4.78 is 36.3. The van der Waals surface area contributed by atoms with Gasteiger partial charge in [-0.05, 0) is 18.6 Å². The number of para-hydroxylation sites is 1. The number of sulfone groups is 1. The van der Waals surface area contributed by atoms with Crippen molar-refractivity contribution in [1.29, 1.82) is 0 Å². The number of hydrogen-bond acceptors (Lipinski definition) is 4. The number of hydrogen-bond donors (Lipinski definition) is 1. The fourth-order valence-electron chi connectivity index (χ4n) is 1.98. The Balaban J connectivity index is 2.26. The molecule has 4 nitrogen and oxygen atoms in total. The molecule has 0 aliphatic carbocycles. The van der Waals surface area contributed by atoms with Gasteiger partial charge in [-0.2, -0.15) is 0 Å². The average Bonchev–Trinajstić information content (AvgIpc) is 2.44. The molecule has 0 radical (unpaired) electrons.